The van der Waals surface area contributed by atoms with Crippen LogP contribution in [0.25, 0.3) is 0 Å². The van der Waals surface area contributed by atoms with Crippen molar-refractivity contribution in [1.29, 1.82) is 0 Å². The van der Waals surface area contributed by atoms with Gasteiger partial charge in [0, 0.05) is 12.6 Å². The summed E-state index contributed by atoms with van der Waals surface area (Å²) in [5.41, 5.74) is 1.96. The minimum Gasteiger partial charge on any atom is -0.309 e. The van der Waals surface area contributed by atoms with E-state index in [4.69, 9.17) is 0 Å². The highest BCUT2D eigenvalue weighted by Gasteiger charge is 2.10. The molecule has 0 saturated heterocycles. The first-order valence-corrected chi connectivity index (χ1v) is 5.69. The topological polar surface area (TPSA) is 37.8 Å². The minimum absolute atomic E-state index is 0.263. The van der Waals surface area contributed by atoms with Gasteiger partial charge in [-0.15, -0.1) is 11.8 Å². The highest BCUT2D eigenvalue weighted by Crippen LogP contribution is 2.14. The van der Waals surface area contributed by atoms with E-state index in [1.54, 1.807) is 0 Å². The summed E-state index contributed by atoms with van der Waals surface area (Å²) in [6.07, 6.45) is 5.53. The fourth-order valence-electron chi connectivity index (χ4n) is 1.52. The van der Waals surface area contributed by atoms with Crippen LogP contribution < -0.4 is 5.32 Å². The van der Waals surface area contributed by atoms with E-state index in [9.17, 15) is 0 Å². The van der Waals surface area contributed by atoms with Crippen LogP contribution in [0.3, 0.4) is 0 Å². The van der Waals surface area contributed by atoms with Crippen molar-refractivity contribution in [2.24, 2.45) is 0 Å². The molecule has 1 aromatic heterocycles. The van der Waals surface area contributed by atoms with Crippen molar-refractivity contribution in [3.8, 4) is 11.8 Å². The molecule has 1 atom stereocenters. The van der Waals surface area contributed by atoms with Crippen molar-refractivity contribution < 1.29 is 0 Å². The molecule has 1 rings (SSSR count). The van der Waals surface area contributed by atoms with Crippen molar-refractivity contribution >= 4 is 0 Å². The van der Waals surface area contributed by atoms with Crippen LogP contribution in [0.1, 0.15) is 44.1 Å². The number of hydrogen-bond acceptors (Lipinski definition) is 3. The van der Waals surface area contributed by atoms with Gasteiger partial charge in [-0.05, 0) is 26.8 Å². The Hall–Kier alpha value is -1.40. The Kier molecular flexibility index (Phi) is 5.52. The van der Waals surface area contributed by atoms with Crippen molar-refractivity contribution in [1.82, 2.24) is 15.3 Å². The van der Waals surface area contributed by atoms with Crippen molar-refractivity contribution in [3.63, 3.8) is 0 Å². The molecular weight excluding hydrogens is 198 g/mol. The Bertz CT molecular complexity index is 359. The predicted molar refractivity (Wildman–Crippen MR) is 65.9 cm³/mol. The van der Waals surface area contributed by atoms with Gasteiger partial charge >= 0.3 is 0 Å². The molecule has 0 aliphatic rings. The molecule has 0 bridgehead atoms. The fourth-order valence-corrected chi connectivity index (χ4v) is 1.52. The van der Waals surface area contributed by atoms with Crippen molar-refractivity contribution in [2.45, 2.75) is 39.7 Å². The van der Waals surface area contributed by atoms with E-state index in [0.717, 1.165) is 30.8 Å². The molecule has 1 unspecified atom stereocenters. The minimum atomic E-state index is 0.263. The summed E-state index contributed by atoms with van der Waals surface area (Å²) in [5, 5.41) is 3.41. The second-order valence-electron chi connectivity index (χ2n) is 3.66. The Morgan fingerprint density at radius 1 is 1.38 bits per heavy atom. The van der Waals surface area contributed by atoms with E-state index in [0.29, 0.717) is 0 Å². The lowest BCUT2D eigenvalue weighted by Crippen LogP contribution is -2.22. The van der Waals surface area contributed by atoms with Crippen LogP contribution in [0.2, 0.25) is 0 Å². The first kappa shape index (κ1) is 12.7. The molecule has 3 heteroatoms. The molecule has 3 nitrogen and oxygen atoms in total. The molecule has 0 spiro atoms. The summed E-state index contributed by atoms with van der Waals surface area (Å²) < 4.78 is 0. The second-order valence-corrected chi connectivity index (χ2v) is 3.66. The molecule has 0 fully saturated rings. The lowest BCUT2D eigenvalue weighted by atomic mass is 10.1. The number of nitrogens with one attached hydrogen (secondary N) is 1. The van der Waals surface area contributed by atoms with Gasteiger partial charge in [-0.25, -0.2) is 0 Å². The van der Waals surface area contributed by atoms with Gasteiger partial charge in [0.15, 0.2) is 0 Å². The van der Waals surface area contributed by atoms with Crippen LogP contribution in [0.4, 0.5) is 0 Å². The van der Waals surface area contributed by atoms with Gasteiger partial charge in [0.25, 0.3) is 0 Å². The molecule has 86 valence electrons. The lowest BCUT2D eigenvalue weighted by Gasteiger charge is -2.15. The van der Waals surface area contributed by atoms with Gasteiger partial charge < -0.3 is 5.32 Å². The Balaban J connectivity index is 2.67. The number of rotatable bonds is 5. The molecule has 0 amide bonds. The summed E-state index contributed by atoms with van der Waals surface area (Å²) in [4.78, 5) is 8.67. The molecule has 1 heterocycles. The largest absolute Gasteiger partial charge is 0.309 e. The summed E-state index contributed by atoms with van der Waals surface area (Å²) in [6.45, 7) is 6.84. The normalized spacial score (nSPS) is 11.7. The number of nitrogens with zero attached hydrogens (tertiary/aromatic N) is 2. The van der Waals surface area contributed by atoms with E-state index >= 15 is 0 Å². The number of hydrogen-bond donors (Lipinski definition) is 1. The van der Waals surface area contributed by atoms with Crippen LogP contribution in [0.5, 0.6) is 0 Å². The van der Waals surface area contributed by atoms with Crippen LogP contribution in [0, 0.1) is 18.8 Å². The van der Waals surface area contributed by atoms with Gasteiger partial charge in [0.2, 0.25) is 0 Å². The monoisotopic (exact) mass is 217 g/mol. The number of aromatic nitrogens is 2. The summed E-state index contributed by atoms with van der Waals surface area (Å²) in [5.74, 6) is 5.99. The summed E-state index contributed by atoms with van der Waals surface area (Å²) in [7, 11) is 0. The molecule has 0 saturated carbocycles. The predicted octanol–water partition coefficient (Wildman–Crippen LogP) is 2.24. The molecule has 0 aliphatic carbocycles. The zero-order chi connectivity index (χ0) is 11.8. The van der Waals surface area contributed by atoms with Crippen LogP contribution in [0.15, 0.2) is 12.4 Å². The van der Waals surface area contributed by atoms with E-state index in [2.05, 4.69) is 34.0 Å². The quantitative estimate of drug-likeness (QED) is 0.769. The third kappa shape index (κ3) is 4.00. The molecule has 0 aromatic carbocycles. The fraction of sp³-hybridized carbons (Fsp3) is 0.538. The molecule has 0 radical (unpaired) electrons. The van der Waals surface area contributed by atoms with Crippen LogP contribution in [-0.4, -0.2) is 16.5 Å². The van der Waals surface area contributed by atoms with Crippen molar-refractivity contribution in [3.05, 3.63) is 23.8 Å². The second kappa shape index (κ2) is 6.97. The van der Waals surface area contributed by atoms with Crippen LogP contribution >= 0.6 is 0 Å². The molecule has 16 heavy (non-hydrogen) atoms. The van der Waals surface area contributed by atoms with Gasteiger partial charge in [0.05, 0.1) is 23.6 Å². The molecular formula is C13H19N3. The summed E-state index contributed by atoms with van der Waals surface area (Å²) >= 11 is 0. The third-order valence-electron chi connectivity index (χ3n) is 2.34. The molecule has 1 N–H and O–H groups in total. The average Bonchev–Trinajstić information content (AvgIpc) is 2.29. The highest BCUT2D eigenvalue weighted by molar-refractivity contribution is 5.07. The van der Waals surface area contributed by atoms with E-state index < -0.39 is 0 Å². The molecule has 0 aliphatic heterocycles. The smallest absolute Gasteiger partial charge is 0.0756 e. The van der Waals surface area contributed by atoms with Gasteiger partial charge in [-0.3, -0.25) is 9.97 Å². The van der Waals surface area contributed by atoms with Gasteiger partial charge in [-0.1, -0.05) is 6.92 Å². The maximum absolute atomic E-state index is 4.40. The Morgan fingerprint density at radius 2 is 2.19 bits per heavy atom. The molecule has 1 aromatic rings. The van der Waals surface area contributed by atoms with Crippen molar-refractivity contribution in [2.75, 3.05) is 6.54 Å². The maximum atomic E-state index is 4.40. The number of aryl methyl sites for hydroxylation is 1. The highest BCUT2D eigenvalue weighted by atomic mass is 14.9. The van der Waals surface area contributed by atoms with Gasteiger partial charge in [0.1, 0.15) is 0 Å². The lowest BCUT2D eigenvalue weighted by molar-refractivity contribution is 0.508. The standard InChI is InChI=1S/C13H19N3/c1-4-6-7-8-12(14-5-2)13-10-15-11(3)9-16-13/h9-10,12,14H,5,7-8H2,1-3H3. The van der Waals surface area contributed by atoms with E-state index in [1.165, 1.54) is 0 Å². The van der Waals surface area contributed by atoms with E-state index in [1.807, 2.05) is 26.2 Å². The zero-order valence-corrected chi connectivity index (χ0v) is 10.2. The average molecular weight is 217 g/mol. The van der Waals surface area contributed by atoms with E-state index in [-0.39, 0.29) is 6.04 Å². The van der Waals surface area contributed by atoms with Crippen LogP contribution in [-0.2, 0) is 0 Å². The Labute approximate surface area is 97.7 Å². The SMILES string of the molecule is CC#CCCC(NCC)c1cnc(C)cn1. The Morgan fingerprint density at radius 3 is 2.75 bits per heavy atom. The maximum Gasteiger partial charge on any atom is 0.0756 e. The zero-order valence-electron chi connectivity index (χ0n) is 10.2. The summed E-state index contributed by atoms with van der Waals surface area (Å²) in [6, 6.07) is 0.263. The first-order chi connectivity index (χ1) is 7.77. The third-order valence-corrected chi connectivity index (χ3v) is 2.34. The van der Waals surface area contributed by atoms with Gasteiger partial charge in [-0.2, -0.15) is 0 Å². The first-order valence-electron chi connectivity index (χ1n) is 5.69.